The largest absolute Gasteiger partial charge is 0.343 e. The smallest absolute Gasteiger partial charge is 0.266 e. The normalized spacial score (nSPS) is 18.5. The summed E-state index contributed by atoms with van der Waals surface area (Å²) in [5.74, 6) is 0.106. The number of hydrogen-bond acceptors (Lipinski definition) is 4. The molecule has 1 aromatic heterocycles. The summed E-state index contributed by atoms with van der Waals surface area (Å²) >= 11 is 6.06. The number of aryl methyl sites for hydroxylation is 1. The van der Waals surface area contributed by atoms with Gasteiger partial charge in [-0.1, -0.05) is 30.2 Å². The number of aromatic nitrogens is 2. The Labute approximate surface area is 182 Å². The first-order valence-electron chi connectivity index (χ1n) is 11.0. The Balaban J connectivity index is 1.33. The molecular formula is C23H29ClN4O2. The van der Waals surface area contributed by atoms with Crippen LogP contribution in [0.1, 0.15) is 38.5 Å². The molecule has 1 aromatic carbocycles. The van der Waals surface area contributed by atoms with Gasteiger partial charge < -0.3 is 9.80 Å². The molecule has 0 radical (unpaired) electrons. The fraction of sp³-hybridized carbons (Fsp3) is 0.522. The molecule has 0 atom stereocenters. The molecule has 2 fully saturated rings. The summed E-state index contributed by atoms with van der Waals surface area (Å²) in [6.45, 7) is 4.32. The third-order valence-electron chi connectivity index (χ3n) is 6.25. The fourth-order valence-corrected chi connectivity index (χ4v) is 4.72. The van der Waals surface area contributed by atoms with Crippen molar-refractivity contribution in [1.82, 2.24) is 19.6 Å². The molecule has 30 heavy (non-hydrogen) atoms. The number of halogens is 1. The van der Waals surface area contributed by atoms with Crippen LogP contribution in [0.15, 0.2) is 41.2 Å². The lowest BCUT2D eigenvalue weighted by molar-refractivity contribution is -0.133. The van der Waals surface area contributed by atoms with Gasteiger partial charge in [0.05, 0.1) is 12.2 Å². The summed E-state index contributed by atoms with van der Waals surface area (Å²) in [6.07, 6.45) is 6.34. The summed E-state index contributed by atoms with van der Waals surface area (Å²) in [7, 11) is 0. The molecule has 6 nitrogen and oxygen atoms in total. The topological polar surface area (TPSA) is 58.4 Å². The van der Waals surface area contributed by atoms with E-state index >= 15 is 0 Å². The minimum Gasteiger partial charge on any atom is -0.343 e. The van der Waals surface area contributed by atoms with Crippen LogP contribution in [0.25, 0.3) is 11.3 Å². The van der Waals surface area contributed by atoms with E-state index in [1.165, 1.54) is 43.1 Å². The van der Waals surface area contributed by atoms with Gasteiger partial charge in [-0.2, -0.15) is 5.10 Å². The molecule has 0 unspecified atom stereocenters. The van der Waals surface area contributed by atoms with Gasteiger partial charge in [0.1, 0.15) is 0 Å². The number of rotatable bonds is 5. The number of likely N-dealkylation sites (tertiary alicyclic amines) is 2. The summed E-state index contributed by atoms with van der Waals surface area (Å²) in [5, 5.41) is 5.06. The third kappa shape index (κ3) is 5.10. The van der Waals surface area contributed by atoms with Crippen molar-refractivity contribution in [2.75, 3.05) is 26.2 Å². The quantitative estimate of drug-likeness (QED) is 0.732. The van der Waals surface area contributed by atoms with E-state index < -0.39 is 0 Å². The van der Waals surface area contributed by atoms with Gasteiger partial charge in [-0.05, 0) is 57.0 Å². The van der Waals surface area contributed by atoms with Gasteiger partial charge in [-0.3, -0.25) is 9.59 Å². The van der Waals surface area contributed by atoms with Gasteiger partial charge >= 0.3 is 0 Å². The van der Waals surface area contributed by atoms with Gasteiger partial charge in [0.25, 0.3) is 5.56 Å². The predicted molar refractivity (Wildman–Crippen MR) is 119 cm³/mol. The average molecular weight is 429 g/mol. The minimum atomic E-state index is -0.197. The van der Waals surface area contributed by atoms with Crippen molar-refractivity contribution in [2.24, 2.45) is 0 Å². The van der Waals surface area contributed by atoms with E-state index in [0.29, 0.717) is 23.2 Å². The second-order valence-electron chi connectivity index (χ2n) is 8.25. The first-order valence-corrected chi connectivity index (χ1v) is 11.3. The van der Waals surface area contributed by atoms with Crippen LogP contribution in [0, 0.1) is 0 Å². The van der Waals surface area contributed by atoms with Crippen LogP contribution < -0.4 is 5.56 Å². The Kier molecular flexibility index (Phi) is 6.85. The highest BCUT2D eigenvalue weighted by atomic mass is 35.5. The number of carbonyl (C=O) groups is 1. The zero-order chi connectivity index (χ0) is 20.9. The molecule has 0 aliphatic carbocycles. The van der Waals surface area contributed by atoms with E-state index in [-0.39, 0.29) is 18.0 Å². The number of carbonyl (C=O) groups excluding carboxylic acids is 1. The molecule has 2 aliphatic rings. The first kappa shape index (κ1) is 21.1. The van der Waals surface area contributed by atoms with Crippen molar-refractivity contribution >= 4 is 17.5 Å². The third-order valence-corrected chi connectivity index (χ3v) is 6.48. The second kappa shape index (κ2) is 9.75. The molecule has 160 valence electrons. The number of piperidine rings is 2. The van der Waals surface area contributed by atoms with Gasteiger partial charge in [0, 0.05) is 42.2 Å². The van der Waals surface area contributed by atoms with Gasteiger partial charge in [0.15, 0.2) is 0 Å². The zero-order valence-electron chi connectivity index (χ0n) is 17.3. The van der Waals surface area contributed by atoms with Gasteiger partial charge in [-0.15, -0.1) is 0 Å². The average Bonchev–Trinajstić information content (AvgIpc) is 2.79. The van der Waals surface area contributed by atoms with Crippen molar-refractivity contribution in [1.29, 1.82) is 0 Å². The summed E-state index contributed by atoms with van der Waals surface area (Å²) < 4.78 is 1.38. The van der Waals surface area contributed by atoms with E-state index in [9.17, 15) is 9.59 Å². The minimum absolute atomic E-state index is 0.106. The van der Waals surface area contributed by atoms with Crippen LogP contribution in [0.4, 0.5) is 0 Å². The summed E-state index contributed by atoms with van der Waals surface area (Å²) in [4.78, 5) is 29.5. The second-order valence-corrected chi connectivity index (χ2v) is 8.69. The van der Waals surface area contributed by atoms with Crippen LogP contribution in [0.5, 0.6) is 0 Å². The van der Waals surface area contributed by atoms with Crippen molar-refractivity contribution in [2.45, 2.75) is 51.1 Å². The van der Waals surface area contributed by atoms with E-state index in [2.05, 4.69) is 10.00 Å². The van der Waals surface area contributed by atoms with E-state index in [4.69, 9.17) is 11.6 Å². The monoisotopic (exact) mass is 428 g/mol. The highest BCUT2D eigenvalue weighted by Gasteiger charge is 2.27. The maximum absolute atomic E-state index is 12.7. The van der Waals surface area contributed by atoms with Gasteiger partial charge in [-0.25, -0.2) is 4.68 Å². The summed E-state index contributed by atoms with van der Waals surface area (Å²) in [6, 6.07) is 11.2. The Morgan fingerprint density at radius 2 is 1.80 bits per heavy atom. The van der Waals surface area contributed by atoms with E-state index in [1.807, 2.05) is 23.1 Å². The number of hydrogen-bond donors (Lipinski definition) is 0. The molecule has 2 aromatic rings. The molecule has 2 saturated heterocycles. The van der Waals surface area contributed by atoms with Crippen LogP contribution in [0.2, 0.25) is 5.02 Å². The van der Waals surface area contributed by atoms with Crippen molar-refractivity contribution in [3.05, 3.63) is 51.8 Å². The Bertz CT molecular complexity index is 931. The Morgan fingerprint density at radius 1 is 1.03 bits per heavy atom. The highest BCUT2D eigenvalue weighted by Crippen LogP contribution is 2.22. The first-order chi connectivity index (χ1) is 14.6. The van der Waals surface area contributed by atoms with Gasteiger partial charge in [0.2, 0.25) is 5.91 Å². The van der Waals surface area contributed by atoms with Crippen LogP contribution in [-0.4, -0.2) is 57.7 Å². The SMILES string of the molecule is O=C(CCn1nc(-c2cccc(Cl)c2)ccc1=O)N1CCC(N2CCCCC2)CC1. The lowest BCUT2D eigenvalue weighted by Crippen LogP contribution is -2.48. The van der Waals surface area contributed by atoms with Crippen LogP contribution >= 0.6 is 11.6 Å². The molecule has 0 bridgehead atoms. The number of nitrogens with zero attached hydrogens (tertiary/aromatic N) is 4. The molecule has 0 spiro atoms. The molecule has 7 heteroatoms. The Hall–Kier alpha value is -2.18. The Morgan fingerprint density at radius 3 is 2.53 bits per heavy atom. The molecule has 4 rings (SSSR count). The maximum atomic E-state index is 12.7. The van der Waals surface area contributed by atoms with E-state index in [1.54, 1.807) is 12.1 Å². The molecule has 0 N–H and O–H groups in total. The lowest BCUT2D eigenvalue weighted by atomic mass is 10.00. The van der Waals surface area contributed by atoms with Crippen LogP contribution in [-0.2, 0) is 11.3 Å². The van der Waals surface area contributed by atoms with Crippen LogP contribution in [0.3, 0.4) is 0 Å². The molecule has 2 aliphatic heterocycles. The molecular weight excluding hydrogens is 400 g/mol. The lowest BCUT2D eigenvalue weighted by Gasteiger charge is -2.40. The highest BCUT2D eigenvalue weighted by molar-refractivity contribution is 6.30. The standard InChI is InChI=1S/C23H29ClN4O2/c24-19-6-4-5-18(17-19)21-7-8-23(30)28(25-21)16-11-22(29)27-14-9-20(10-15-27)26-12-2-1-3-13-26/h4-8,17,20H,1-3,9-16H2. The van der Waals surface area contributed by atoms with Crippen molar-refractivity contribution in [3.8, 4) is 11.3 Å². The molecule has 1 amide bonds. The van der Waals surface area contributed by atoms with Crippen molar-refractivity contribution < 1.29 is 4.79 Å². The zero-order valence-corrected chi connectivity index (χ0v) is 18.1. The number of benzene rings is 1. The van der Waals surface area contributed by atoms with E-state index in [0.717, 1.165) is 31.5 Å². The van der Waals surface area contributed by atoms with Crippen molar-refractivity contribution in [3.63, 3.8) is 0 Å². The fourth-order valence-electron chi connectivity index (χ4n) is 4.53. The predicted octanol–water partition coefficient (Wildman–Crippen LogP) is 3.43. The number of amides is 1. The maximum Gasteiger partial charge on any atom is 0.266 e. The summed E-state index contributed by atoms with van der Waals surface area (Å²) in [5.41, 5.74) is 1.33. The molecule has 3 heterocycles. The molecule has 0 saturated carbocycles.